The third-order valence-corrected chi connectivity index (χ3v) is 3.28. The number of hydrogen-bond donors (Lipinski definition) is 1. The number of aliphatic hydroxyl groups excluding tert-OH is 1. The van der Waals surface area contributed by atoms with E-state index >= 15 is 0 Å². The molecule has 1 saturated carbocycles. The van der Waals surface area contributed by atoms with Crippen molar-refractivity contribution in [3.8, 4) is 5.75 Å². The van der Waals surface area contributed by atoms with Crippen molar-refractivity contribution in [2.24, 2.45) is 5.92 Å². The van der Waals surface area contributed by atoms with E-state index in [9.17, 15) is 5.11 Å². The summed E-state index contributed by atoms with van der Waals surface area (Å²) < 4.78 is 5.11. The molecule has 0 bridgehead atoms. The van der Waals surface area contributed by atoms with Crippen molar-refractivity contribution in [1.82, 2.24) is 0 Å². The van der Waals surface area contributed by atoms with Gasteiger partial charge in [0.25, 0.3) is 0 Å². The summed E-state index contributed by atoms with van der Waals surface area (Å²) in [5, 5.41) is 9.73. The number of rotatable bonds is 3. The van der Waals surface area contributed by atoms with Gasteiger partial charge < -0.3 is 9.84 Å². The number of hydrogen-bond acceptors (Lipinski definition) is 2. The quantitative estimate of drug-likeness (QED) is 0.823. The average molecular weight is 206 g/mol. The zero-order valence-electron chi connectivity index (χ0n) is 9.15. The van der Waals surface area contributed by atoms with Gasteiger partial charge in [-0.3, -0.25) is 0 Å². The molecule has 0 heterocycles. The monoisotopic (exact) mass is 206 g/mol. The van der Waals surface area contributed by atoms with Gasteiger partial charge in [-0.15, -0.1) is 0 Å². The molecule has 2 rings (SSSR count). The molecule has 0 spiro atoms. The van der Waals surface area contributed by atoms with E-state index in [-0.39, 0.29) is 6.10 Å². The highest BCUT2D eigenvalue weighted by molar-refractivity contribution is 5.27. The molecule has 0 radical (unpaired) electrons. The molecule has 0 aromatic heterocycles. The highest BCUT2D eigenvalue weighted by Crippen LogP contribution is 2.29. The molecule has 0 saturated heterocycles. The van der Waals surface area contributed by atoms with Gasteiger partial charge >= 0.3 is 0 Å². The van der Waals surface area contributed by atoms with E-state index in [1.807, 2.05) is 12.1 Å². The van der Waals surface area contributed by atoms with Crippen LogP contribution in [0.15, 0.2) is 24.3 Å². The third kappa shape index (κ3) is 2.51. The summed E-state index contributed by atoms with van der Waals surface area (Å²) in [5.74, 6) is 1.35. The lowest BCUT2D eigenvalue weighted by Crippen LogP contribution is -2.15. The second kappa shape index (κ2) is 4.67. The van der Waals surface area contributed by atoms with E-state index in [0.29, 0.717) is 5.92 Å². The fourth-order valence-corrected chi connectivity index (χ4v) is 2.32. The Hall–Kier alpha value is -1.02. The van der Waals surface area contributed by atoms with Gasteiger partial charge in [-0.05, 0) is 42.9 Å². The van der Waals surface area contributed by atoms with Gasteiger partial charge in [0, 0.05) is 0 Å². The summed E-state index contributed by atoms with van der Waals surface area (Å²) in [5.41, 5.74) is 1.29. The Balaban J connectivity index is 1.98. The molecule has 1 aromatic rings. The minimum Gasteiger partial charge on any atom is -0.497 e. The van der Waals surface area contributed by atoms with E-state index in [1.54, 1.807) is 7.11 Å². The van der Waals surface area contributed by atoms with E-state index in [1.165, 1.54) is 12.0 Å². The largest absolute Gasteiger partial charge is 0.497 e. The summed E-state index contributed by atoms with van der Waals surface area (Å²) in [6, 6.07) is 8.14. The number of ether oxygens (including phenoxy) is 1. The summed E-state index contributed by atoms with van der Waals surface area (Å²) in [4.78, 5) is 0. The topological polar surface area (TPSA) is 29.5 Å². The first-order valence-corrected chi connectivity index (χ1v) is 5.60. The predicted octanol–water partition coefficient (Wildman–Crippen LogP) is 2.40. The van der Waals surface area contributed by atoms with Crippen LogP contribution in [-0.4, -0.2) is 18.3 Å². The van der Waals surface area contributed by atoms with Gasteiger partial charge in [0.05, 0.1) is 13.2 Å². The summed E-state index contributed by atoms with van der Waals surface area (Å²) >= 11 is 0. The van der Waals surface area contributed by atoms with Crippen LogP contribution in [0.2, 0.25) is 0 Å². The van der Waals surface area contributed by atoms with E-state index in [4.69, 9.17) is 4.74 Å². The van der Waals surface area contributed by atoms with Gasteiger partial charge in [-0.25, -0.2) is 0 Å². The van der Waals surface area contributed by atoms with Crippen molar-refractivity contribution in [2.75, 3.05) is 7.11 Å². The van der Waals surface area contributed by atoms with Gasteiger partial charge in [0.2, 0.25) is 0 Å². The highest BCUT2D eigenvalue weighted by atomic mass is 16.5. The van der Waals surface area contributed by atoms with Crippen molar-refractivity contribution in [3.05, 3.63) is 29.8 Å². The maximum atomic E-state index is 9.73. The lowest BCUT2D eigenvalue weighted by Gasteiger charge is -2.14. The van der Waals surface area contributed by atoms with Crippen molar-refractivity contribution >= 4 is 0 Å². The highest BCUT2D eigenvalue weighted by Gasteiger charge is 2.24. The Morgan fingerprint density at radius 2 is 2.00 bits per heavy atom. The van der Waals surface area contributed by atoms with Gasteiger partial charge in [-0.2, -0.15) is 0 Å². The number of methoxy groups -OCH3 is 1. The van der Waals surface area contributed by atoms with Gasteiger partial charge in [0.15, 0.2) is 0 Å². The summed E-state index contributed by atoms with van der Waals surface area (Å²) in [6.45, 7) is 0. The van der Waals surface area contributed by atoms with Crippen LogP contribution in [-0.2, 0) is 6.42 Å². The number of aliphatic hydroxyl groups is 1. The maximum Gasteiger partial charge on any atom is 0.118 e. The van der Waals surface area contributed by atoms with Crippen LogP contribution in [0.4, 0.5) is 0 Å². The second-order valence-corrected chi connectivity index (χ2v) is 4.31. The van der Waals surface area contributed by atoms with Crippen LogP contribution in [0.3, 0.4) is 0 Å². The Kier molecular flexibility index (Phi) is 3.27. The van der Waals surface area contributed by atoms with E-state index in [0.717, 1.165) is 25.0 Å². The predicted molar refractivity (Wildman–Crippen MR) is 60.0 cm³/mol. The lowest BCUT2D eigenvalue weighted by molar-refractivity contribution is 0.132. The Morgan fingerprint density at radius 1 is 1.27 bits per heavy atom. The fraction of sp³-hybridized carbons (Fsp3) is 0.538. The molecular formula is C13H18O2. The van der Waals surface area contributed by atoms with Gasteiger partial charge in [0.1, 0.15) is 5.75 Å². The minimum atomic E-state index is -0.0906. The molecule has 1 aromatic carbocycles. The first-order valence-electron chi connectivity index (χ1n) is 5.60. The molecule has 2 unspecified atom stereocenters. The molecule has 2 atom stereocenters. The molecule has 1 N–H and O–H groups in total. The van der Waals surface area contributed by atoms with Crippen LogP contribution in [0.1, 0.15) is 24.8 Å². The minimum absolute atomic E-state index is 0.0906. The van der Waals surface area contributed by atoms with Crippen LogP contribution in [0.25, 0.3) is 0 Å². The van der Waals surface area contributed by atoms with Crippen molar-refractivity contribution in [1.29, 1.82) is 0 Å². The molecule has 1 aliphatic rings. The third-order valence-electron chi connectivity index (χ3n) is 3.28. The van der Waals surface area contributed by atoms with E-state index < -0.39 is 0 Å². The second-order valence-electron chi connectivity index (χ2n) is 4.31. The molecule has 82 valence electrons. The van der Waals surface area contributed by atoms with Crippen molar-refractivity contribution in [2.45, 2.75) is 31.8 Å². The Bertz CT molecular complexity index is 305. The molecule has 0 aliphatic heterocycles. The molecule has 0 amide bonds. The fourth-order valence-electron chi connectivity index (χ4n) is 2.32. The standard InChI is InChI=1S/C13H18O2/c1-15-12-7-5-10(6-8-12)9-11-3-2-4-13(11)14/h5-8,11,13-14H,2-4,9H2,1H3. The van der Waals surface area contributed by atoms with Crippen LogP contribution >= 0.6 is 0 Å². The van der Waals surface area contributed by atoms with Crippen LogP contribution in [0.5, 0.6) is 5.75 Å². The molecular weight excluding hydrogens is 188 g/mol. The smallest absolute Gasteiger partial charge is 0.118 e. The average Bonchev–Trinajstić information content (AvgIpc) is 2.66. The van der Waals surface area contributed by atoms with Gasteiger partial charge in [-0.1, -0.05) is 18.6 Å². The summed E-state index contributed by atoms with van der Waals surface area (Å²) in [6.07, 6.45) is 4.20. The van der Waals surface area contributed by atoms with Crippen molar-refractivity contribution < 1.29 is 9.84 Å². The maximum absolute atomic E-state index is 9.73. The number of benzene rings is 1. The van der Waals surface area contributed by atoms with Crippen LogP contribution < -0.4 is 4.74 Å². The Morgan fingerprint density at radius 3 is 2.53 bits per heavy atom. The zero-order valence-corrected chi connectivity index (χ0v) is 9.15. The van der Waals surface area contributed by atoms with Crippen LogP contribution in [0, 0.1) is 5.92 Å². The first-order chi connectivity index (χ1) is 7.29. The van der Waals surface area contributed by atoms with Crippen molar-refractivity contribution in [3.63, 3.8) is 0 Å². The lowest BCUT2D eigenvalue weighted by atomic mass is 9.96. The molecule has 2 nitrogen and oxygen atoms in total. The molecule has 1 fully saturated rings. The Labute approximate surface area is 90.9 Å². The molecule has 1 aliphatic carbocycles. The SMILES string of the molecule is COc1ccc(CC2CCCC2O)cc1. The first kappa shape index (κ1) is 10.5. The molecule has 2 heteroatoms. The summed E-state index contributed by atoms with van der Waals surface area (Å²) in [7, 11) is 1.68. The zero-order chi connectivity index (χ0) is 10.7. The van der Waals surface area contributed by atoms with E-state index in [2.05, 4.69) is 12.1 Å². The molecule has 15 heavy (non-hydrogen) atoms. The normalized spacial score (nSPS) is 25.5.